The molecule has 6 atom stereocenters. The number of hydrogen-bond acceptors (Lipinski definition) is 8. The Morgan fingerprint density at radius 1 is 1.07 bits per heavy atom. The molecular formula is C34H45N5O6. The number of amides is 3. The van der Waals surface area contributed by atoms with Gasteiger partial charge in [-0.15, -0.1) is 0 Å². The van der Waals surface area contributed by atoms with E-state index in [-0.39, 0.29) is 36.5 Å². The Bertz CT molecular complexity index is 1460. The number of anilines is 2. The molecule has 2 saturated heterocycles. The van der Waals surface area contributed by atoms with Crippen LogP contribution in [0.5, 0.6) is 0 Å². The van der Waals surface area contributed by atoms with Crippen LogP contribution >= 0.6 is 0 Å². The summed E-state index contributed by atoms with van der Waals surface area (Å²) >= 11 is 0. The molecule has 2 aromatic carbocycles. The molecule has 3 aromatic rings. The molecule has 3 fully saturated rings. The van der Waals surface area contributed by atoms with Gasteiger partial charge in [0.25, 0.3) is 6.01 Å². The van der Waals surface area contributed by atoms with E-state index >= 15 is 0 Å². The van der Waals surface area contributed by atoms with Crippen LogP contribution in [0, 0.1) is 17.8 Å². The van der Waals surface area contributed by atoms with Gasteiger partial charge in [-0.05, 0) is 61.8 Å². The van der Waals surface area contributed by atoms with Crippen LogP contribution in [0.15, 0.2) is 52.9 Å². The number of nitrogens with zero attached hydrogens (tertiary/aromatic N) is 3. The molecule has 3 amide bonds. The summed E-state index contributed by atoms with van der Waals surface area (Å²) in [6.45, 7) is 5.94. The summed E-state index contributed by atoms with van der Waals surface area (Å²) in [4.78, 5) is 35.2. The van der Waals surface area contributed by atoms with Gasteiger partial charge in [-0.25, -0.2) is 9.59 Å². The van der Waals surface area contributed by atoms with Gasteiger partial charge in [0.2, 0.25) is 0 Å². The van der Waals surface area contributed by atoms with Crippen molar-refractivity contribution in [2.45, 2.75) is 70.5 Å². The molecule has 2 aliphatic heterocycles. The number of carbonyl (C=O) groups is 2. The molecule has 1 aliphatic carbocycles. The van der Waals surface area contributed by atoms with Crippen LogP contribution in [0.2, 0.25) is 0 Å². The van der Waals surface area contributed by atoms with E-state index in [4.69, 9.17) is 18.6 Å². The van der Waals surface area contributed by atoms with E-state index in [9.17, 15) is 9.59 Å². The summed E-state index contributed by atoms with van der Waals surface area (Å²) in [6, 6.07) is 15.7. The highest BCUT2D eigenvalue weighted by molar-refractivity contribution is 5.93. The minimum atomic E-state index is -0.447. The van der Waals surface area contributed by atoms with E-state index in [1.807, 2.05) is 41.3 Å². The van der Waals surface area contributed by atoms with Crippen molar-refractivity contribution in [3.8, 4) is 0 Å². The molecule has 11 nitrogen and oxygen atoms in total. The summed E-state index contributed by atoms with van der Waals surface area (Å²) in [6.07, 6.45) is 2.85. The summed E-state index contributed by atoms with van der Waals surface area (Å²) in [5.74, 6) is 0.989. The first kappa shape index (κ1) is 31.2. The second-order valence-electron chi connectivity index (χ2n) is 13.0. The number of ether oxygens (including phenoxy) is 3. The zero-order valence-electron chi connectivity index (χ0n) is 26.6. The highest BCUT2D eigenvalue weighted by atomic mass is 16.7. The summed E-state index contributed by atoms with van der Waals surface area (Å²) < 4.78 is 23.6. The Morgan fingerprint density at radius 3 is 2.64 bits per heavy atom. The minimum Gasteiger partial charge on any atom is -0.443 e. The lowest BCUT2D eigenvalue weighted by atomic mass is 9.78. The topological polar surface area (TPSA) is 118 Å². The first-order valence-corrected chi connectivity index (χ1v) is 16.2. The number of alkyl carbamates (subject to hydrolysis) is 1. The lowest BCUT2D eigenvalue weighted by Crippen LogP contribution is -2.48. The fourth-order valence-electron chi connectivity index (χ4n) is 6.75. The van der Waals surface area contributed by atoms with E-state index < -0.39 is 6.09 Å². The fraction of sp³-hybridized carbons (Fsp3) is 0.559. The van der Waals surface area contributed by atoms with Gasteiger partial charge < -0.3 is 34.2 Å². The lowest BCUT2D eigenvalue weighted by molar-refractivity contribution is -0.153. The van der Waals surface area contributed by atoms with Gasteiger partial charge >= 0.3 is 12.1 Å². The van der Waals surface area contributed by atoms with Gasteiger partial charge in [-0.2, -0.15) is 4.98 Å². The van der Waals surface area contributed by atoms with E-state index in [1.54, 1.807) is 19.0 Å². The third-order valence-corrected chi connectivity index (χ3v) is 9.28. The Kier molecular flexibility index (Phi) is 9.46. The Labute approximate surface area is 264 Å². The Hall–Kier alpha value is -3.83. The zero-order chi connectivity index (χ0) is 31.5. The number of fused-ring (bicyclic) bond motifs is 3. The first-order valence-electron chi connectivity index (χ1n) is 16.2. The zero-order valence-corrected chi connectivity index (χ0v) is 26.6. The molecule has 0 spiro atoms. The van der Waals surface area contributed by atoms with Crippen LogP contribution in [-0.2, 0) is 20.6 Å². The number of nitrogens with one attached hydrogen (secondary N) is 2. The Balaban J connectivity index is 1.14. The standard InChI is InChI=1S/C34H45N5O6/c1-21(2)12-14-39(34(41)38(4)26-10-11-28-27(19-26)37-32(35-3)44-28)15-13-25(16-22-8-6-5-7-9-22)36-33(40)45-30-24-17-23-18-29(30)43-31(23)42-20-24/h5-11,19,21,23-25,29-31H,12-18,20H2,1-4H3,(H,35,37)(H,36,40)/t23?,24?,25-,29?,30?,31?/m1/s1. The monoisotopic (exact) mass is 619 g/mol. The van der Waals surface area contributed by atoms with Crippen molar-refractivity contribution in [2.75, 3.05) is 44.0 Å². The van der Waals surface area contributed by atoms with Crippen LogP contribution in [-0.4, -0.2) is 80.3 Å². The van der Waals surface area contributed by atoms with Gasteiger partial charge in [0.1, 0.15) is 11.6 Å². The van der Waals surface area contributed by atoms with Crippen molar-refractivity contribution in [2.24, 2.45) is 17.8 Å². The number of carbonyl (C=O) groups excluding carboxylic acids is 2. The lowest BCUT2D eigenvalue weighted by Gasteiger charge is -2.36. The van der Waals surface area contributed by atoms with E-state index in [2.05, 4.69) is 41.6 Å². The summed E-state index contributed by atoms with van der Waals surface area (Å²) in [5, 5.41) is 6.05. The maximum absolute atomic E-state index is 13.9. The predicted octanol–water partition coefficient (Wildman–Crippen LogP) is 5.65. The van der Waals surface area contributed by atoms with Gasteiger partial charge in [0.05, 0.1) is 12.7 Å². The number of urea groups is 1. The fourth-order valence-corrected chi connectivity index (χ4v) is 6.75. The number of benzene rings is 2. The molecule has 3 heterocycles. The number of aromatic nitrogens is 1. The number of hydrogen-bond donors (Lipinski definition) is 2. The van der Waals surface area contributed by atoms with Gasteiger partial charge in [0.15, 0.2) is 11.9 Å². The van der Waals surface area contributed by atoms with Crippen molar-refractivity contribution in [1.82, 2.24) is 15.2 Å². The maximum atomic E-state index is 13.9. The number of oxazole rings is 1. The highest BCUT2D eigenvalue weighted by Gasteiger charge is 2.53. The second kappa shape index (κ2) is 13.7. The van der Waals surface area contributed by atoms with Crippen molar-refractivity contribution in [3.63, 3.8) is 0 Å². The maximum Gasteiger partial charge on any atom is 0.407 e. The Morgan fingerprint density at radius 2 is 1.87 bits per heavy atom. The first-order chi connectivity index (χ1) is 21.8. The quantitative estimate of drug-likeness (QED) is 0.267. The molecule has 2 N–H and O–H groups in total. The average molecular weight is 620 g/mol. The van der Waals surface area contributed by atoms with Crippen LogP contribution in [0.1, 0.15) is 45.1 Å². The van der Waals surface area contributed by atoms with E-state index in [0.717, 1.165) is 30.5 Å². The number of rotatable bonds is 12. The molecule has 1 saturated carbocycles. The molecule has 0 radical (unpaired) electrons. The predicted molar refractivity (Wildman–Crippen MR) is 171 cm³/mol. The minimum absolute atomic E-state index is 0.111. The highest BCUT2D eigenvalue weighted by Crippen LogP contribution is 2.46. The molecule has 1 aromatic heterocycles. The summed E-state index contributed by atoms with van der Waals surface area (Å²) in [7, 11) is 3.53. The van der Waals surface area contributed by atoms with Crippen molar-refractivity contribution in [1.29, 1.82) is 0 Å². The molecular weight excluding hydrogens is 574 g/mol. The molecule has 242 valence electrons. The SMILES string of the molecule is CNc1nc2cc(N(C)C(=O)N(CCC(C)C)CC[C@H](Cc3ccccc3)NC(=O)OC3C4COC5OC3CC5C4)ccc2o1. The molecule has 3 bridgehead atoms. The van der Waals surface area contributed by atoms with Crippen LogP contribution < -0.4 is 15.5 Å². The van der Waals surface area contributed by atoms with Crippen LogP contribution in [0.4, 0.5) is 21.3 Å². The third-order valence-electron chi connectivity index (χ3n) is 9.28. The van der Waals surface area contributed by atoms with E-state index in [0.29, 0.717) is 61.5 Å². The molecule has 6 rings (SSSR count). The van der Waals surface area contributed by atoms with Gasteiger partial charge in [0, 0.05) is 50.7 Å². The van der Waals surface area contributed by atoms with Crippen LogP contribution in [0.3, 0.4) is 0 Å². The van der Waals surface area contributed by atoms with Gasteiger partial charge in [-0.3, -0.25) is 4.90 Å². The third kappa shape index (κ3) is 7.20. The molecule has 45 heavy (non-hydrogen) atoms. The average Bonchev–Trinajstić information content (AvgIpc) is 3.59. The van der Waals surface area contributed by atoms with Crippen molar-refractivity contribution in [3.05, 3.63) is 54.1 Å². The van der Waals surface area contributed by atoms with Gasteiger partial charge in [-0.1, -0.05) is 44.2 Å². The molecule has 5 unspecified atom stereocenters. The van der Waals surface area contributed by atoms with Crippen LogP contribution in [0.25, 0.3) is 11.1 Å². The summed E-state index contributed by atoms with van der Waals surface area (Å²) in [5.41, 5.74) is 3.15. The van der Waals surface area contributed by atoms with E-state index in [1.165, 1.54) is 0 Å². The molecule has 11 heteroatoms. The molecule has 3 aliphatic rings. The largest absolute Gasteiger partial charge is 0.443 e. The second-order valence-corrected chi connectivity index (χ2v) is 13.0. The van der Waals surface area contributed by atoms with Crippen molar-refractivity contribution < 1.29 is 28.2 Å². The normalized spacial score (nSPS) is 24.1. The van der Waals surface area contributed by atoms with Crippen molar-refractivity contribution >= 4 is 34.9 Å². The smallest absolute Gasteiger partial charge is 0.407 e.